The zero-order valence-electron chi connectivity index (χ0n) is 14.6. The van der Waals surface area contributed by atoms with Crippen LogP contribution in [0.3, 0.4) is 0 Å². The van der Waals surface area contributed by atoms with Crippen LogP contribution in [-0.4, -0.2) is 53.2 Å². The average Bonchev–Trinajstić information content (AvgIpc) is 3.13. The molecule has 10 heteroatoms. The molecule has 1 aliphatic heterocycles. The Morgan fingerprint density at radius 3 is 2.78 bits per heavy atom. The Morgan fingerprint density at radius 2 is 2.07 bits per heavy atom. The van der Waals surface area contributed by atoms with Crippen molar-refractivity contribution in [3.8, 4) is 0 Å². The zero-order chi connectivity index (χ0) is 19.2. The van der Waals surface area contributed by atoms with E-state index in [0.717, 1.165) is 5.56 Å². The highest BCUT2D eigenvalue weighted by molar-refractivity contribution is 7.98. The number of nitrogens with one attached hydrogen (secondary N) is 1. The maximum Gasteiger partial charge on any atom is 0.337 e. The normalized spacial score (nSPS) is 14.2. The Balaban J connectivity index is 1.47. The van der Waals surface area contributed by atoms with Gasteiger partial charge in [-0.1, -0.05) is 23.9 Å². The van der Waals surface area contributed by atoms with Crippen molar-refractivity contribution >= 4 is 29.7 Å². The molecule has 2 heterocycles. The van der Waals surface area contributed by atoms with Crippen molar-refractivity contribution in [2.45, 2.75) is 23.8 Å². The molecule has 27 heavy (non-hydrogen) atoms. The number of imide groups is 1. The lowest BCUT2D eigenvalue weighted by atomic mass is 10.1. The van der Waals surface area contributed by atoms with Crippen molar-refractivity contribution < 1.29 is 23.5 Å². The lowest BCUT2D eigenvalue weighted by molar-refractivity contribution is -0.121. The fourth-order valence-electron chi connectivity index (χ4n) is 2.44. The van der Waals surface area contributed by atoms with Crippen molar-refractivity contribution in [1.29, 1.82) is 0 Å². The molecule has 3 rings (SSSR count). The molecular weight excluding hydrogens is 372 g/mol. The van der Waals surface area contributed by atoms with E-state index in [1.165, 1.54) is 18.9 Å². The summed E-state index contributed by atoms with van der Waals surface area (Å²) in [5.74, 6) is 0.415. The number of benzene rings is 1. The predicted molar refractivity (Wildman–Crippen MR) is 95.1 cm³/mol. The van der Waals surface area contributed by atoms with Gasteiger partial charge in [0, 0.05) is 31.7 Å². The van der Waals surface area contributed by atoms with Gasteiger partial charge >= 0.3 is 12.0 Å². The van der Waals surface area contributed by atoms with E-state index in [9.17, 15) is 14.4 Å². The molecule has 1 fully saturated rings. The molecule has 1 N–H and O–H groups in total. The van der Waals surface area contributed by atoms with Crippen LogP contribution in [0.4, 0.5) is 4.79 Å². The SMILES string of the molecule is COC(=O)c1ccc(CSc2nnc(CCN3CCC(=O)NC3=O)o2)cc1. The molecular formula is C17H18N4O5S. The standard InChI is InChI=1S/C17H18N4O5S/c1-25-15(23)12-4-2-11(3-5-12)10-27-17-20-19-14(26-17)7-9-21-8-6-13(22)18-16(21)24/h2-5H,6-10H2,1H3,(H,18,22,24). The van der Waals surface area contributed by atoms with Gasteiger partial charge in [0.2, 0.25) is 11.8 Å². The number of methoxy groups -OCH3 is 1. The third kappa shape index (κ3) is 5.07. The van der Waals surface area contributed by atoms with E-state index < -0.39 is 6.03 Å². The first-order valence-corrected chi connectivity index (χ1v) is 9.25. The first kappa shape index (κ1) is 18.9. The average molecular weight is 390 g/mol. The van der Waals surface area contributed by atoms with Crippen LogP contribution in [0.5, 0.6) is 0 Å². The number of nitrogens with zero attached hydrogens (tertiary/aromatic N) is 3. The van der Waals surface area contributed by atoms with Gasteiger partial charge in [-0.3, -0.25) is 10.1 Å². The summed E-state index contributed by atoms with van der Waals surface area (Å²) in [6.07, 6.45) is 0.717. The van der Waals surface area contributed by atoms with Gasteiger partial charge in [0.25, 0.3) is 5.22 Å². The highest BCUT2D eigenvalue weighted by Crippen LogP contribution is 2.22. The molecule has 9 nitrogen and oxygen atoms in total. The van der Waals surface area contributed by atoms with Crippen LogP contribution in [-0.2, 0) is 21.7 Å². The van der Waals surface area contributed by atoms with Crippen LogP contribution in [0, 0.1) is 0 Å². The van der Waals surface area contributed by atoms with Crippen LogP contribution in [0.25, 0.3) is 0 Å². The maximum atomic E-state index is 11.7. The van der Waals surface area contributed by atoms with Crippen molar-refractivity contribution in [3.63, 3.8) is 0 Å². The number of aromatic nitrogens is 2. The molecule has 1 saturated heterocycles. The molecule has 0 spiro atoms. The number of carbonyl (C=O) groups is 3. The van der Waals surface area contributed by atoms with E-state index in [1.54, 1.807) is 17.0 Å². The summed E-state index contributed by atoms with van der Waals surface area (Å²) in [5.41, 5.74) is 1.50. The monoisotopic (exact) mass is 390 g/mol. The van der Waals surface area contributed by atoms with E-state index in [1.807, 2.05) is 12.1 Å². The second kappa shape index (κ2) is 8.67. The Labute approximate surface area is 159 Å². The minimum absolute atomic E-state index is 0.257. The number of urea groups is 1. The van der Waals surface area contributed by atoms with E-state index in [0.29, 0.717) is 48.4 Å². The Hall–Kier alpha value is -2.88. The van der Waals surface area contributed by atoms with Crippen molar-refractivity contribution in [2.24, 2.45) is 0 Å². The molecule has 142 valence electrons. The van der Waals surface area contributed by atoms with Crippen molar-refractivity contribution in [1.82, 2.24) is 20.4 Å². The predicted octanol–water partition coefficient (Wildman–Crippen LogP) is 1.63. The Bertz CT molecular complexity index is 836. The second-order valence-corrected chi connectivity index (χ2v) is 6.71. The summed E-state index contributed by atoms with van der Waals surface area (Å²) in [7, 11) is 1.34. The number of ether oxygens (including phenoxy) is 1. The van der Waals surface area contributed by atoms with Gasteiger partial charge in [0.1, 0.15) is 0 Å². The highest BCUT2D eigenvalue weighted by atomic mass is 32.2. The summed E-state index contributed by atoms with van der Waals surface area (Å²) in [6, 6.07) is 6.69. The van der Waals surface area contributed by atoms with Crippen LogP contribution in [0.2, 0.25) is 0 Å². The van der Waals surface area contributed by atoms with Crippen LogP contribution >= 0.6 is 11.8 Å². The fraction of sp³-hybridized carbons (Fsp3) is 0.353. The van der Waals surface area contributed by atoms with Crippen LogP contribution in [0.15, 0.2) is 33.9 Å². The fourth-order valence-corrected chi connectivity index (χ4v) is 3.18. The van der Waals surface area contributed by atoms with Crippen molar-refractivity contribution in [3.05, 3.63) is 41.3 Å². The highest BCUT2D eigenvalue weighted by Gasteiger charge is 2.23. The number of thioether (sulfide) groups is 1. The van der Waals surface area contributed by atoms with Gasteiger partial charge < -0.3 is 14.1 Å². The Kier molecular flexibility index (Phi) is 6.07. The molecule has 0 saturated carbocycles. The number of rotatable bonds is 7. The number of amides is 3. The van der Waals surface area contributed by atoms with Gasteiger partial charge in [0.15, 0.2) is 0 Å². The molecule has 0 bridgehead atoms. The van der Waals surface area contributed by atoms with Gasteiger partial charge in [-0.15, -0.1) is 10.2 Å². The third-order valence-electron chi connectivity index (χ3n) is 3.92. The maximum absolute atomic E-state index is 11.7. The summed E-state index contributed by atoms with van der Waals surface area (Å²) in [6.45, 7) is 0.794. The quantitative estimate of drug-likeness (QED) is 0.560. The Morgan fingerprint density at radius 1 is 1.30 bits per heavy atom. The number of hydrogen-bond donors (Lipinski definition) is 1. The summed E-state index contributed by atoms with van der Waals surface area (Å²) in [5, 5.41) is 10.7. The largest absolute Gasteiger partial charge is 0.465 e. The molecule has 0 unspecified atom stereocenters. The molecule has 1 aromatic carbocycles. The lowest BCUT2D eigenvalue weighted by Gasteiger charge is -2.25. The molecule has 0 radical (unpaired) electrons. The van der Waals surface area contributed by atoms with E-state index in [2.05, 4.69) is 20.3 Å². The van der Waals surface area contributed by atoms with E-state index in [-0.39, 0.29) is 11.9 Å². The summed E-state index contributed by atoms with van der Waals surface area (Å²) < 4.78 is 10.2. The minimum Gasteiger partial charge on any atom is -0.465 e. The summed E-state index contributed by atoms with van der Waals surface area (Å²) in [4.78, 5) is 35.8. The molecule has 3 amide bonds. The van der Waals surface area contributed by atoms with Gasteiger partial charge in [-0.2, -0.15) is 0 Å². The third-order valence-corrected chi connectivity index (χ3v) is 4.81. The van der Waals surface area contributed by atoms with Gasteiger partial charge in [-0.05, 0) is 17.7 Å². The molecule has 2 aromatic rings. The number of hydrogen-bond acceptors (Lipinski definition) is 8. The van der Waals surface area contributed by atoms with Crippen LogP contribution in [0.1, 0.15) is 28.2 Å². The first-order chi connectivity index (χ1) is 13.0. The summed E-state index contributed by atoms with van der Waals surface area (Å²) >= 11 is 1.38. The van der Waals surface area contributed by atoms with E-state index >= 15 is 0 Å². The zero-order valence-corrected chi connectivity index (χ0v) is 15.5. The smallest absolute Gasteiger partial charge is 0.337 e. The number of esters is 1. The minimum atomic E-state index is -0.393. The second-order valence-electron chi connectivity index (χ2n) is 5.78. The molecule has 0 aliphatic carbocycles. The molecule has 1 aliphatic rings. The number of carbonyl (C=O) groups excluding carboxylic acids is 3. The van der Waals surface area contributed by atoms with Gasteiger partial charge in [-0.25, -0.2) is 9.59 Å². The molecule has 0 atom stereocenters. The lowest BCUT2D eigenvalue weighted by Crippen LogP contribution is -2.49. The van der Waals surface area contributed by atoms with Gasteiger partial charge in [0.05, 0.1) is 12.7 Å². The van der Waals surface area contributed by atoms with Crippen molar-refractivity contribution in [2.75, 3.05) is 20.2 Å². The first-order valence-electron chi connectivity index (χ1n) is 8.26. The van der Waals surface area contributed by atoms with E-state index in [4.69, 9.17) is 4.42 Å². The van der Waals surface area contributed by atoms with Crippen LogP contribution < -0.4 is 5.32 Å². The topological polar surface area (TPSA) is 115 Å². The molecule has 1 aromatic heterocycles.